The molecule has 3 atom stereocenters. The van der Waals surface area contributed by atoms with Gasteiger partial charge in [0, 0.05) is 6.42 Å². The molecule has 0 radical (unpaired) electrons. The summed E-state index contributed by atoms with van der Waals surface area (Å²) in [5, 5.41) is 0. The Morgan fingerprint density at radius 1 is 1.19 bits per heavy atom. The fourth-order valence-electron chi connectivity index (χ4n) is 4.44. The van der Waals surface area contributed by atoms with Crippen LogP contribution in [0.15, 0.2) is 11.6 Å². The van der Waals surface area contributed by atoms with Crippen LogP contribution in [0.3, 0.4) is 0 Å². The first-order chi connectivity index (χ1) is 7.69. The van der Waals surface area contributed by atoms with Gasteiger partial charge in [-0.05, 0) is 55.4 Å². The van der Waals surface area contributed by atoms with Gasteiger partial charge in [0.15, 0.2) is 5.78 Å². The molecular formula is C15H22O. The highest BCUT2D eigenvalue weighted by atomic mass is 16.1. The van der Waals surface area contributed by atoms with E-state index in [-0.39, 0.29) is 0 Å². The molecule has 2 saturated carbocycles. The SMILES string of the molecule is C[C@@]12CCCC[C@H]1[C@@H]1CCC(=O)C=C1CC2. The molecule has 0 aromatic rings. The van der Waals surface area contributed by atoms with Crippen LogP contribution in [0, 0.1) is 17.3 Å². The number of allylic oxidation sites excluding steroid dienone is 2. The maximum absolute atomic E-state index is 11.5. The second-order valence-electron chi connectivity index (χ2n) is 6.34. The zero-order valence-electron chi connectivity index (χ0n) is 10.3. The number of fused-ring (bicyclic) bond motifs is 3. The molecule has 0 aliphatic heterocycles. The molecule has 2 fully saturated rings. The van der Waals surface area contributed by atoms with E-state index in [4.69, 9.17) is 0 Å². The monoisotopic (exact) mass is 218 g/mol. The van der Waals surface area contributed by atoms with E-state index in [2.05, 4.69) is 6.92 Å². The smallest absolute Gasteiger partial charge is 0.155 e. The predicted molar refractivity (Wildman–Crippen MR) is 65.1 cm³/mol. The molecule has 0 saturated heterocycles. The number of carbonyl (C=O) groups is 1. The summed E-state index contributed by atoms with van der Waals surface area (Å²) >= 11 is 0. The Morgan fingerprint density at radius 3 is 2.94 bits per heavy atom. The Hall–Kier alpha value is -0.590. The summed E-state index contributed by atoms with van der Waals surface area (Å²) in [6, 6.07) is 0. The fraction of sp³-hybridized carbons (Fsp3) is 0.800. The summed E-state index contributed by atoms with van der Waals surface area (Å²) in [5.41, 5.74) is 2.10. The third kappa shape index (κ3) is 1.56. The summed E-state index contributed by atoms with van der Waals surface area (Å²) in [5.74, 6) is 2.02. The summed E-state index contributed by atoms with van der Waals surface area (Å²) in [4.78, 5) is 11.5. The molecule has 3 aliphatic carbocycles. The van der Waals surface area contributed by atoms with Gasteiger partial charge in [0.25, 0.3) is 0 Å². The first kappa shape index (κ1) is 10.6. The van der Waals surface area contributed by atoms with E-state index >= 15 is 0 Å². The molecule has 0 heterocycles. The van der Waals surface area contributed by atoms with Crippen LogP contribution in [-0.2, 0) is 4.79 Å². The molecule has 0 amide bonds. The minimum absolute atomic E-state index is 0.380. The summed E-state index contributed by atoms with van der Waals surface area (Å²) in [6.07, 6.45) is 12.1. The van der Waals surface area contributed by atoms with E-state index in [1.807, 2.05) is 6.08 Å². The molecule has 0 spiro atoms. The lowest BCUT2D eigenvalue weighted by Crippen LogP contribution is -2.41. The zero-order valence-corrected chi connectivity index (χ0v) is 10.3. The molecule has 0 N–H and O–H groups in total. The Labute approximate surface area is 98.3 Å². The van der Waals surface area contributed by atoms with E-state index in [0.717, 1.165) is 24.7 Å². The Kier molecular flexibility index (Phi) is 2.45. The topological polar surface area (TPSA) is 17.1 Å². The first-order valence-electron chi connectivity index (χ1n) is 6.92. The van der Waals surface area contributed by atoms with Gasteiger partial charge in [-0.2, -0.15) is 0 Å². The van der Waals surface area contributed by atoms with Crippen molar-refractivity contribution in [3.8, 4) is 0 Å². The molecule has 88 valence electrons. The normalized spacial score (nSPS) is 43.3. The Bertz CT molecular complexity index is 341. The van der Waals surface area contributed by atoms with Gasteiger partial charge >= 0.3 is 0 Å². The summed E-state index contributed by atoms with van der Waals surface area (Å²) in [6.45, 7) is 2.50. The standard InChI is InChI=1S/C15H22O/c1-15-8-3-2-4-14(15)13-6-5-12(16)10-11(13)7-9-15/h10,13-14H,2-9H2,1H3/t13-,14+,15+/m1/s1. The Balaban J connectivity index is 1.90. The molecule has 1 heteroatoms. The van der Waals surface area contributed by atoms with Crippen molar-refractivity contribution in [1.29, 1.82) is 0 Å². The molecule has 1 nitrogen and oxygen atoms in total. The van der Waals surface area contributed by atoms with Gasteiger partial charge in [0.2, 0.25) is 0 Å². The number of rotatable bonds is 0. The van der Waals surface area contributed by atoms with Gasteiger partial charge in [-0.3, -0.25) is 4.79 Å². The zero-order chi connectivity index (χ0) is 11.2. The van der Waals surface area contributed by atoms with E-state index < -0.39 is 0 Å². The van der Waals surface area contributed by atoms with E-state index in [9.17, 15) is 4.79 Å². The molecule has 0 unspecified atom stereocenters. The highest BCUT2D eigenvalue weighted by molar-refractivity contribution is 5.91. The lowest BCUT2D eigenvalue weighted by atomic mass is 9.54. The highest BCUT2D eigenvalue weighted by Gasteiger charge is 2.45. The van der Waals surface area contributed by atoms with Gasteiger partial charge in [0.1, 0.15) is 0 Å². The van der Waals surface area contributed by atoms with Crippen LogP contribution in [0.1, 0.15) is 58.3 Å². The van der Waals surface area contributed by atoms with Gasteiger partial charge < -0.3 is 0 Å². The van der Waals surface area contributed by atoms with Crippen molar-refractivity contribution in [2.45, 2.75) is 58.3 Å². The minimum Gasteiger partial charge on any atom is -0.295 e. The molecule has 3 rings (SSSR count). The summed E-state index contributed by atoms with van der Waals surface area (Å²) in [7, 11) is 0. The van der Waals surface area contributed by atoms with Crippen molar-refractivity contribution in [1.82, 2.24) is 0 Å². The lowest BCUT2D eigenvalue weighted by molar-refractivity contribution is -0.116. The average Bonchev–Trinajstić information content (AvgIpc) is 2.28. The van der Waals surface area contributed by atoms with Crippen LogP contribution < -0.4 is 0 Å². The molecule has 0 aromatic heterocycles. The Morgan fingerprint density at radius 2 is 2.06 bits per heavy atom. The van der Waals surface area contributed by atoms with Crippen LogP contribution in [0.2, 0.25) is 0 Å². The first-order valence-corrected chi connectivity index (χ1v) is 6.92. The van der Waals surface area contributed by atoms with Crippen molar-refractivity contribution in [3.05, 3.63) is 11.6 Å². The van der Waals surface area contributed by atoms with Gasteiger partial charge in [-0.15, -0.1) is 0 Å². The van der Waals surface area contributed by atoms with E-state index in [1.165, 1.54) is 44.1 Å². The second kappa shape index (κ2) is 3.72. The number of ketones is 1. The third-order valence-electron chi connectivity index (χ3n) is 5.40. The number of carbonyl (C=O) groups excluding carboxylic acids is 1. The van der Waals surface area contributed by atoms with E-state index in [1.54, 1.807) is 0 Å². The van der Waals surface area contributed by atoms with Crippen LogP contribution in [0.4, 0.5) is 0 Å². The van der Waals surface area contributed by atoms with Crippen molar-refractivity contribution < 1.29 is 4.79 Å². The van der Waals surface area contributed by atoms with Gasteiger partial charge in [0.05, 0.1) is 0 Å². The van der Waals surface area contributed by atoms with Crippen LogP contribution in [0.5, 0.6) is 0 Å². The van der Waals surface area contributed by atoms with Gasteiger partial charge in [-0.1, -0.05) is 25.3 Å². The molecular weight excluding hydrogens is 196 g/mol. The highest BCUT2D eigenvalue weighted by Crippen LogP contribution is 2.55. The fourth-order valence-corrected chi connectivity index (χ4v) is 4.44. The van der Waals surface area contributed by atoms with Gasteiger partial charge in [-0.25, -0.2) is 0 Å². The maximum atomic E-state index is 11.5. The molecule has 16 heavy (non-hydrogen) atoms. The maximum Gasteiger partial charge on any atom is 0.155 e. The predicted octanol–water partition coefficient (Wildman–Crippen LogP) is 3.88. The minimum atomic E-state index is 0.380. The largest absolute Gasteiger partial charge is 0.295 e. The van der Waals surface area contributed by atoms with Crippen LogP contribution in [0.25, 0.3) is 0 Å². The van der Waals surface area contributed by atoms with E-state index in [0.29, 0.717) is 11.2 Å². The second-order valence-corrected chi connectivity index (χ2v) is 6.34. The van der Waals surface area contributed by atoms with Crippen LogP contribution >= 0.6 is 0 Å². The van der Waals surface area contributed by atoms with Crippen molar-refractivity contribution in [3.63, 3.8) is 0 Å². The van der Waals surface area contributed by atoms with Crippen molar-refractivity contribution in [2.24, 2.45) is 17.3 Å². The quantitative estimate of drug-likeness (QED) is 0.603. The number of hydrogen-bond donors (Lipinski definition) is 0. The average molecular weight is 218 g/mol. The van der Waals surface area contributed by atoms with Crippen LogP contribution in [-0.4, -0.2) is 5.78 Å². The van der Waals surface area contributed by atoms with Crippen molar-refractivity contribution in [2.75, 3.05) is 0 Å². The third-order valence-corrected chi connectivity index (χ3v) is 5.40. The molecule has 0 bridgehead atoms. The molecule has 3 aliphatic rings. The molecule has 0 aromatic carbocycles. The van der Waals surface area contributed by atoms with Crippen molar-refractivity contribution >= 4 is 5.78 Å². The number of hydrogen-bond acceptors (Lipinski definition) is 1. The summed E-state index contributed by atoms with van der Waals surface area (Å²) < 4.78 is 0. The lowest BCUT2D eigenvalue weighted by Gasteiger charge is -2.51.